The van der Waals surface area contributed by atoms with Crippen LogP contribution in [0.4, 0.5) is 11.8 Å². The number of anilines is 2. The predicted octanol–water partition coefficient (Wildman–Crippen LogP) is 3.30. The number of nitrogens with zero attached hydrogens (tertiary/aromatic N) is 3. The molecule has 19 heavy (non-hydrogen) atoms. The summed E-state index contributed by atoms with van der Waals surface area (Å²) in [7, 11) is 3.97. The van der Waals surface area contributed by atoms with E-state index in [-0.39, 0.29) is 0 Å². The van der Waals surface area contributed by atoms with E-state index in [2.05, 4.69) is 47.1 Å². The van der Waals surface area contributed by atoms with Crippen molar-refractivity contribution in [3.05, 3.63) is 24.3 Å². The molecule has 102 valence electrons. The molecule has 1 aromatic carbocycles. The number of hydrogen-bond acceptors (Lipinski definition) is 4. The molecule has 1 heterocycles. The minimum atomic E-state index is 0.503. The Balaban J connectivity index is 2.57. The number of hydrogen-bond donors (Lipinski definition) is 1. The molecule has 2 rings (SSSR count). The average molecular weight is 258 g/mol. The van der Waals surface area contributed by atoms with Crippen LogP contribution in [0, 0.1) is 0 Å². The minimum absolute atomic E-state index is 0.503. The largest absolute Gasteiger partial charge is 0.357 e. The SMILES string of the molecule is CCC(CC)N(C)c1nc(NC)nc2ccccc12. The first-order valence-electron chi connectivity index (χ1n) is 6.88. The highest BCUT2D eigenvalue weighted by molar-refractivity contribution is 5.90. The average Bonchev–Trinajstić information content (AvgIpc) is 2.47. The van der Waals surface area contributed by atoms with Crippen molar-refractivity contribution in [1.82, 2.24) is 9.97 Å². The standard InChI is InChI=1S/C15H22N4/c1-5-11(6-2)19(4)14-12-9-7-8-10-13(12)17-15(16-3)18-14/h7-11H,5-6H2,1-4H3,(H,16,17,18). The van der Waals surface area contributed by atoms with Crippen molar-refractivity contribution in [2.45, 2.75) is 32.7 Å². The molecule has 0 radical (unpaired) electrons. The zero-order valence-electron chi connectivity index (χ0n) is 12.1. The molecule has 4 heteroatoms. The molecule has 0 saturated heterocycles. The van der Waals surface area contributed by atoms with Crippen LogP contribution in [0.1, 0.15) is 26.7 Å². The number of aromatic nitrogens is 2. The van der Waals surface area contributed by atoms with E-state index < -0.39 is 0 Å². The maximum atomic E-state index is 4.64. The summed E-state index contributed by atoms with van der Waals surface area (Å²) in [6, 6.07) is 8.67. The fourth-order valence-electron chi connectivity index (χ4n) is 2.45. The molecule has 0 aliphatic rings. The van der Waals surface area contributed by atoms with Crippen molar-refractivity contribution >= 4 is 22.7 Å². The normalized spacial score (nSPS) is 11.0. The Morgan fingerprint density at radius 1 is 1.16 bits per heavy atom. The van der Waals surface area contributed by atoms with Crippen LogP contribution in [-0.4, -0.2) is 30.1 Å². The lowest BCUT2D eigenvalue weighted by atomic mass is 10.1. The lowest BCUT2D eigenvalue weighted by Gasteiger charge is -2.28. The van der Waals surface area contributed by atoms with E-state index in [1.165, 1.54) is 0 Å². The van der Waals surface area contributed by atoms with Crippen LogP contribution in [-0.2, 0) is 0 Å². The molecule has 0 atom stereocenters. The third-order valence-corrected chi connectivity index (χ3v) is 3.63. The van der Waals surface area contributed by atoms with E-state index in [0.717, 1.165) is 29.6 Å². The van der Waals surface area contributed by atoms with Gasteiger partial charge in [0.25, 0.3) is 0 Å². The Bertz CT molecular complexity index is 549. The van der Waals surface area contributed by atoms with Crippen LogP contribution in [0.25, 0.3) is 10.9 Å². The Kier molecular flexibility index (Phi) is 4.20. The molecule has 0 unspecified atom stereocenters. The van der Waals surface area contributed by atoms with E-state index in [4.69, 9.17) is 0 Å². The molecule has 1 aromatic heterocycles. The maximum absolute atomic E-state index is 4.64. The Morgan fingerprint density at radius 2 is 1.84 bits per heavy atom. The summed E-state index contributed by atoms with van der Waals surface area (Å²) >= 11 is 0. The monoisotopic (exact) mass is 258 g/mol. The highest BCUT2D eigenvalue weighted by Gasteiger charge is 2.16. The molecule has 0 fully saturated rings. The molecule has 0 aliphatic carbocycles. The molecular formula is C15H22N4. The third-order valence-electron chi connectivity index (χ3n) is 3.63. The second kappa shape index (κ2) is 5.87. The quantitative estimate of drug-likeness (QED) is 0.893. The second-order valence-electron chi connectivity index (χ2n) is 4.72. The van der Waals surface area contributed by atoms with Crippen LogP contribution >= 0.6 is 0 Å². The number of rotatable bonds is 5. The maximum Gasteiger partial charge on any atom is 0.224 e. The van der Waals surface area contributed by atoms with E-state index >= 15 is 0 Å². The smallest absolute Gasteiger partial charge is 0.224 e. The fourth-order valence-corrected chi connectivity index (χ4v) is 2.45. The van der Waals surface area contributed by atoms with Gasteiger partial charge < -0.3 is 10.2 Å². The number of nitrogens with one attached hydrogen (secondary N) is 1. The van der Waals surface area contributed by atoms with Gasteiger partial charge in [0.2, 0.25) is 5.95 Å². The number of benzene rings is 1. The van der Waals surface area contributed by atoms with Crippen molar-refractivity contribution in [2.24, 2.45) is 0 Å². The first kappa shape index (κ1) is 13.6. The Hall–Kier alpha value is -1.84. The van der Waals surface area contributed by atoms with Gasteiger partial charge in [0.1, 0.15) is 5.82 Å². The lowest BCUT2D eigenvalue weighted by molar-refractivity contribution is 0.588. The van der Waals surface area contributed by atoms with Crippen molar-refractivity contribution < 1.29 is 0 Å². The molecule has 0 amide bonds. The molecule has 1 N–H and O–H groups in total. The van der Waals surface area contributed by atoms with Gasteiger partial charge >= 0.3 is 0 Å². The van der Waals surface area contributed by atoms with Gasteiger partial charge in [-0.25, -0.2) is 4.98 Å². The van der Waals surface area contributed by atoms with Gasteiger partial charge in [0.05, 0.1) is 5.52 Å². The van der Waals surface area contributed by atoms with Gasteiger partial charge in [-0.15, -0.1) is 0 Å². The Labute approximate surface area is 114 Å². The van der Waals surface area contributed by atoms with Gasteiger partial charge in [-0.1, -0.05) is 26.0 Å². The van der Waals surface area contributed by atoms with Crippen LogP contribution < -0.4 is 10.2 Å². The summed E-state index contributed by atoms with van der Waals surface area (Å²) in [6.45, 7) is 4.43. The molecule has 0 aliphatic heterocycles. The van der Waals surface area contributed by atoms with Crippen LogP contribution in [0.2, 0.25) is 0 Å². The third kappa shape index (κ3) is 2.62. The zero-order chi connectivity index (χ0) is 13.8. The summed E-state index contributed by atoms with van der Waals surface area (Å²) in [5.41, 5.74) is 0.981. The van der Waals surface area contributed by atoms with E-state index in [1.807, 2.05) is 25.2 Å². The van der Waals surface area contributed by atoms with Gasteiger partial charge in [-0.2, -0.15) is 4.98 Å². The second-order valence-corrected chi connectivity index (χ2v) is 4.72. The van der Waals surface area contributed by atoms with Crippen molar-refractivity contribution in [3.8, 4) is 0 Å². The summed E-state index contributed by atoms with van der Waals surface area (Å²) in [6.07, 6.45) is 2.22. The topological polar surface area (TPSA) is 41.1 Å². The number of para-hydroxylation sites is 1. The fraction of sp³-hybridized carbons (Fsp3) is 0.467. The predicted molar refractivity (Wildman–Crippen MR) is 81.9 cm³/mol. The lowest BCUT2D eigenvalue weighted by Crippen LogP contribution is -2.31. The first-order valence-corrected chi connectivity index (χ1v) is 6.88. The van der Waals surface area contributed by atoms with Crippen LogP contribution in [0.15, 0.2) is 24.3 Å². The van der Waals surface area contributed by atoms with Gasteiger partial charge in [0, 0.05) is 25.5 Å². The van der Waals surface area contributed by atoms with Gasteiger partial charge in [-0.3, -0.25) is 0 Å². The van der Waals surface area contributed by atoms with Crippen molar-refractivity contribution in [2.75, 3.05) is 24.3 Å². The number of fused-ring (bicyclic) bond motifs is 1. The Morgan fingerprint density at radius 3 is 2.47 bits per heavy atom. The van der Waals surface area contributed by atoms with Crippen LogP contribution in [0.5, 0.6) is 0 Å². The highest BCUT2D eigenvalue weighted by atomic mass is 15.2. The van der Waals surface area contributed by atoms with E-state index in [1.54, 1.807) is 0 Å². The molecule has 0 saturated carbocycles. The summed E-state index contributed by atoms with van der Waals surface area (Å²) in [5.74, 6) is 1.68. The molecule has 2 aromatic rings. The zero-order valence-corrected chi connectivity index (χ0v) is 12.1. The molecule has 0 bridgehead atoms. The van der Waals surface area contributed by atoms with Crippen LogP contribution in [0.3, 0.4) is 0 Å². The van der Waals surface area contributed by atoms with Crippen molar-refractivity contribution in [1.29, 1.82) is 0 Å². The molecule has 4 nitrogen and oxygen atoms in total. The summed E-state index contributed by atoms with van der Waals surface area (Å²) in [4.78, 5) is 11.4. The first-order chi connectivity index (χ1) is 9.21. The van der Waals surface area contributed by atoms with Gasteiger partial charge in [-0.05, 0) is 25.0 Å². The van der Waals surface area contributed by atoms with E-state index in [0.29, 0.717) is 12.0 Å². The van der Waals surface area contributed by atoms with E-state index in [9.17, 15) is 0 Å². The van der Waals surface area contributed by atoms with Gasteiger partial charge in [0.15, 0.2) is 0 Å². The molecular weight excluding hydrogens is 236 g/mol. The summed E-state index contributed by atoms with van der Waals surface area (Å²) in [5, 5.41) is 4.15. The summed E-state index contributed by atoms with van der Waals surface area (Å²) < 4.78 is 0. The highest BCUT2D eigenvalue weighted by Crippen LogP contribution is 2.26. The minimum Gasteiger partial charge on any atom is -0.357 e. The molecule has 0 spiro atoms. The van der Waals surface area contributed by atoms with Crippen molar-refractivity contribution in [3.63, 3.8) is 0 Å².